The number of Topliss-reactive ketones (excluding diaryl/α,β-unsaturated/α-hetero) is 1. The number of aliphatic hydroxyl groups is 1. The number of carbonyl (C=O) groups is 2. The number of rotatable bonds is 17. The fourth-order valence-corrected chi connectivity index (χ4v) is 7.69. The van der Waals surface area contributed by atoms with Crippen LogP contribution in [0.3, 0.4) is 0 Å². The number of ether oxygens (including phenoxy) is 7. The SMILES string of the molecule is COc1ccc(C(OC[C@H]2O[C@@](C(=O)COc3ccccc3)(n3cnc4c(=O)[nH]c(NC(C)(C)C)nc43)[C@H](OCOC(=O)C(C)(C)C)[C@@H]2O)(c2ccccc2)c2ccc(OC)cc2)cc1. The highest BCUT2D eigenvalue weighted by Crippen LogP contribution is 2.45. The number of anilines is 1. The summed E-state index contributed by atoms with van der Waals surface area (Å²) in [5.74, 6) is 0.353. The van der Waals surface area contributed by atoms with Crippen molar-refractivity contribution in [2.24, 2.45) is 5.41 Å². The maximum absolute atomic E-state index is 15.2. The van der Waals surface area contributed by atoms with E-state index in [4.69, 9.17) is 38.1 Å². The van der Waals surface area contributed by atoms with Gasteiger partial charge in [-0.15, -0.1) is 0 Å². The van der Waals surface area contributed by atoms with E-state index >= 15 is 4.79 Å². The zero-order valence-corrected chi connectivity index (χ0v) is 37.7. The van der Waals surface area contributed by atoms with Gasteiger partial charge < -0.3 is 43.6 Å². The highest BCUT2D eigenvalue weighted by molar-refractivity contribution is 5.89. The van der Waals surface area contributed by atoms with Gasteiger partial charge in [-0.05, 0) is 94.6 Å². The lowest BCUT2D eigenvalue weighted by atomic mass is 9.80. The maximum Gasteiger partial charge on any atom is 0.313 e. The Morgan fingerprint density at radius 1 is 0.815 bits per heavy atom. The molecule has 0 aliphatic carbocycles. The molecule has 0 bridgehead atoms. The van der Waals surface area contributed by atoms with E-state index in [2.05, 4.69) is 15.3 Å². The Morgan fingerprint density at radius 3 is 1.94 bits per heavy atom. The third kappa shape index (κ3) is 9.61. The van der Waals surface area contributed by atoms with E-state index < -0.39 is 71.3 Å². The van der Waals surface area contributed by atoms with Gasteiger partial charge >= 0.3 is 5.97 Å². The number of para-hydroxylation sites is 1. The minimum absolute atomic E-state index is 0.0716. The summed E-state index contributed by atoms with van der Waals surface area (Å²) in [5, 5.41) is 15.8. The monoisotopic (exact) mass is 889 g/mol. The second kappa shape index (κ2) is 18.9. The third-order valence-electron chi connectivity index (χ3n) is 10.9. The number of nitrogens with one attached hydrogen (secondary N) is 2. The molecule has 3 N–H and O–H groups in total. The molecule has 7 rings (SSSR count). The Kier molecular flexibility index (Phi) is 13.5. The smallest absolute Gasteiger partial charge is 0.313 e. The van der Waals surface area contributed by atoms with Gasteiger partial charge in [-0.2, -0.15) is 4.98 Å². The lowest BCUT2D eigenvalue weighted by molar-refractivity contribution is -0.203. The summed E-state index contributed by atoms with van der Waals surface area (Å²) in [4.78, 5) is 53.7. The van der Waals surface area contributed by atoms with Crippen LogP contribution < -0.4 is 25.1 Å². The number of benzene rings is 4. The number of nitrogens with zero attached hydrogens (tertiary/aromatic N) is 3. The average molecular weight is 890 g/mol. The third-order valence-corrected chi connectivity index (χ3v) is 10.9. The van der Waals surface area contributed by atoms with Crippen LogP contribution in [0.4, 0.5) is 5.95 Å². The molecule has 1 aliphatic heterocycles. The molecular formula is C49H55N5O11. The first-order valence-electron chi connectivity index (χ1n) is 21.1. The van der Waals surface area contributed by atoms with Crippen molar-refractivity contribution in [2.75, 3.05) is 39.5 Å². The molecule has 6 aromatic rings. The Labute approximate surface area is 376 Å². The molecule has 4 atom stereocenters. The number of imidazole rings is 1. The molecule has 342 valence electrons. The van der Waals surface area contributed by atoms with E-state index in [0.717, 1.165) is 5.56 Å². The molecule has 4 aromatic carbocycles. The first-order chi connectivity index (χ1) is 31.0. The summed E-state index contributed by atoms with van der Waals surface area (Å²) < 4.78 is 44.2. The molecule has 16 nitrogen and oxygen atoms in total. The van der Waals surface area contributed by atoms with E-state index in [1.54, 1.807) is 65.3 Å². The summed E-state index contributed by atoms with van der Waals surface area (Å²) in [6.07, 6.45) is -3.41. The van der Waals surface area contributed by atoms with Gasteiger partial charge in [-0.3, -0.25) is 23.9 Å². The molecule has 0 saturated carbocycles. The minimum atomic E-state index is -2.36. The molecule has 1 aliphatic rings. The van der Waals surface area contributed by atoms with Crippen LogP contribution >= 0.6 is 0 Å². The maximum atomic E-state index is 15.2. The number of aliphatic hydroxyl groups excluding tert-OH is 1. The molecule has 16 heteroatoms. The van der Waals surface area contributed by atoms with Crippen LogP contribution in [0.5, 0.6) is 17.2 Å². The first kappa shape index (κ1) is 46.4. The molecule has 3 heterocycles. The fourth-order valence-electron chi connectivity index (χ4n) is 7.69. The van der Waals surface area contributed by atoms with E-state index in [-0.39, 0.29) is 23.7 Å². The van der Waals surface area contributed by atoms with E-state index in [9.17, 15) is 14.7 Å². The van der Waals surface area contributed by atoms with Crippen LogP contribution in [-0.4, -0.2) is 94.5 Å². The van der Waals surface area contributed by atoms with Crippen LogP contribution in [0.25, 0.3) is 11.2 Å². The molecule has 0 unspecified atom stereocenters. The summed E-state index contributed by atoms with van der Waals surface area (Å²) in [6.45, 7) is 9.05. The van der Waals surface area contributed by atoms with Crippen LogP contribution in [0, 0.1) is 5.41 Å². The predicted molar refractivity (Wildman–Crippen MR) is 241 cm³/mol. The number of hydrogen-bond acceptors (Lipinski definition) is 14. The topological polar surface area (TPSA) is 195 Å². The summed E-state index contributed by atoms with van der Waals surface area (Å²) in [5.41, 5.74) is -3.86. The van der Waals surface area contributed by atoms with Crippen molar-refractivity contribution in [1.82, 2.24) is 19.5 Å². The van der Waals surface area contributed by atoms with Crippen molar-refractivity contribution in [3.8, 4) is 17.2 Å². The quantitative estimate of drug-likeness (QED) is 0.0521. The van der Waals surface area contributed by atoms with Crippen LogP contribution in [0.15, 0.2) is 120 Å². The Morgan fingerprint density at radius 2 is 1.38 bits per heavy atom. The summed E-state index contributed by atoms with van der Waals surface area (Å²) >= 11 is 0. The molecule has 0 amide bonds. The van der Waals surface area contributed by atoms with Crippen LogP contribution in [0.2, 0.25) is 0 Å². The largest absolute Gasteiger partial charge is 0.497 e. The van der Waals surface area contributed by atoms with Gasteiger partial charge in [0.15, 0.2) is 24.6 Å². The molecule has 2 aromatic heterocycles. The fraction of sp³-hybridized carbons (Fsp3) is 0.367. The van der Waals surface area contributed by atoms with Crippen LogP contribution in [-0.2, 0) is 39.9 Å². The Balaban J connectivity index is 1.39. The van der Waals surface area contributed by atoms with Crippen molar-refractivity contribution in [2.45, 2.75) is 76.7 Å². The molecule has 1 saturated heterocycles. The van der Waals surface area contributed by atoms with E-state index in [0.29, 0.717) is 28.4 Å². The summed E-state index contributed by atoms with van der Waals surface area (Å²) in [6, 6.07) is 33.0. The van der Waals surface area contributed by atoms with Crippen molar-refractivity contribution in [3.63, 3.8) is 0 Å². The van der Waals surface area contributed by atoms with Gasteiger partial charge in [0.2, 0.25) is 17.5 Å². The zero-order valence-electron chi connectivity index (χ0n) is 37.7. The van der Waals surface area contributed by atoms with Gasteiger partial charge in [0, 0.05) is 5.54 Å². The molecule has 1 fully saturated rings. The number of aromatic amines is 1. The van der Waals surface area contributed by atoms with Crippen molar-refractivity contribution in [3.05, 3.63) is 143 Å². The number of hydrogen-bond donors (Lipinski definition) is 3. The number of H-pyrrole nitrogens is 1. The number of aromatic nitrogens is 4. The predicted octanol–water partition coefficient (Wildman–Crippen LogP) is 6.35. The minimum Gasteiger partial charge on any atom is -0.497 e. The zero-order chi connectivity index (χ0) is 46.6. The molecule has 0 spiro atoms. The Hall–Kier alpha value is -6.59. The number of methoxy groups -OCH3 is 2. The van der Waals surface area contributed by atoms with E-state index in [1.165, 1.54) is 10.9 Å². The molecule has 0 radical (unpaired) electrons. The number of carbonyl (C=O) groups excluding carboxylic acids is 2. The first-order valence-corrected chi connectivity index (χ1v) is 21.1. The second-order valence-corrected chi connectivity index (χ2v) is 17.6. The molecule has 65 heavy (non-hydrogen) atoms. The number of esters is 1. The average Bonchev–Trinajstić information content (AvgIpc) is 3.85. The number of fused-ring (bicyclic) bond motifs is 1. The standard InChI is InChI=1S/C49H55N5O11/c1-46(2,3)44(58)63-30-62-41-40(56)37(27-64-48(31-15-11-9-12-16-31,32-19-23-34(59-7)24-20-32)33-21-25-35(60-8)26-22-33)65-49(41,38(55)28-61-36-17-13-10-14-18-36)54-29-50-39-42(54)51-45(52-43(39)57)53-47(4,5)6/h9-26,29,37,40-41,56H,27-28,30H2,1-8H3,(H2,51,52,53,57)/t37-,40-,41-,49-/m1/s1. The van der Waals surface area contributed by atoms with Crippen molar-refractivity contribution < 1.29 is 47.9 Å². The van der Waals surface area contributed by atoms with Crippen molar-refractivity contribution in [1.29, 1.82) is 0 Å². The van der Waals surface area contributed by atoms with E-state index in [1.807, 2.05) is 99.6 Å². The normalized spacial score (nSPS) is 18.9. The van der Waals surface area contributed by atoms with Gasteiger partial charge in [0.05, 0.1) is 26.2 Å². The number of ketones is 1. The highest BCUT2D eigenvalue weighted by atomic mass is 16.7. The second-order valence-electron chi connectivity index (χ2n) is 17.6. The van der Waals surface area contributed by atoms with Gasteiger partial charge in [0.25, 0.3) is 5.56 Å². The highest BCUT2D eigenvalue weighted by Gasteiger charge is 2.63. The van der Waals surface area contributed by atoms with Crippen molar-refractivity contribution >= 4 is 28.9 Å². The van der Waals surface area contributed by atoms with Gasteiger partial charge in [0.1, 0.15) is 47.5 Å². The van der Waals surface area contributed by atoms with Crippen LogP contribution in [0.1, 0.15) is 58.2 Å². The lowest BCUT2D eigenvalue weighted by Gasteiger charge is -2.37. The molecular weight excluding hydrogens is 835 g/mol. The Bertz CT molecular complexity index is 2570. The van der Waals surface area contributed by atoms with Gasteiger partial charge in [-0.25, -0.2) is 4.98 Å². The van der Waals surface area contributed by atoms with Gasteiger partial charge in [-0.1, -0.05) is 72.8 Å². The summed E-state index contributed by atoms with van der Waals surface area (Å²) in [7, 11) is 3.16. The lowest BCUT2D eigenvalue weighted by Crippen LogP contribution is -2.55.